The first-order valence-electron chi connectivity index (χ1n) is 10.8. The number of nitrogens with one attached hydrogen (secondary N) is 2. The molecular weight excluding hydrogens is 448 g/mol. The summed E-state index contributed by atoms with van der Waals surface area (Å²) in [7, 11) is 0. The van der Waals surface area contributed by atoms with Crippen molar-refractivity contribution in [1.29, 1.82) is 0 Å². The monoisotopic (exact) mass is 470 g/mol. The Balaban J connectivity index is 1.46. The molecule has 0 fully saturated rings. The third-order valence-electron chi connectivity index (χ3n) is 5.26. The number of nitrogens with zero attached hydrogens (tertiary/aromatic N) is 4. The summed E-state index contributed by atoms with van der Waals surface area (Å²) in [5.41, 5.74) is 2.78. The van der Waals surface area contributed by atoms with Crippen LogP contribution in [0, 0.1) is 0 Å². The molecule has 3 aromatic heterocycles. The van der Waals surface area contributed by atoms with Gasteiger partial charge in [-0.15, -0.1) is 0 Å². The number of aromatic amines is 1. The van der Waals surface area contributed by atoms with E-state index in [0.29, 0.717) is 28.0 Å². The molecule has 0 atom stereocenters. The van der Waals surface area contributed by atoms with Crippen LogP contribution in [0.15, 0.2) is 76.6 Å². The van der Waals surface area contributed by atoms with E-state index in [4.69, 9.17) is 4.42 Å². The summed E-state index contributed by atoms with van der Waals surface area (Å²) in [6.07, 6.45) is 3.39. The van der Waals surface area contributed by atoms with Gasteiger partial charge < -0.3 is 9.73 Å². The highest BCUT2D eigenvalue weighted by molar-refractivity contribution is 7.98. The summed E-state index contributed by atoms with van der Waals surface area (Å²) in [6.45, 7) is 4.08. The van der Waals surface area contributed by atoms with Gasteiger partial charge in [0.2, 0.25) is 0 Å². The zero-order chi connectivity index (χ0) is 23.5. The van der Waals surface area contributed by atoms with Gasteiger partial charge in [0.05, 0.1) is 5.69 Å². The van der Waals surface area contributed by atoms with E-state index in [-0.39, 0.29) is 17.6 Å². The summed E-state index contributed by atoms with van der Waals surface area (Å²) in [6, 6.07) is 16.8. The number of carbonyl (C=O) groups excluding carboxylic acids is 1. The summed E-state index contributed by atoms with van der Waals surface area (Å²) in [5.74, 6) is 1.94. The molecule has 9 heteroatoms. The predicted molar refractivity (Wildman–Crippen MR) is 132 cm³/mol. The summed E-state index contributed by atoms with van der Waals surface area (Å²) in [4.78, 5) is 26.5. The number of anilines is 1. The Bertz CT molecular complexity index is 1440. The van der Waals surface area contributed by atoms with Crippen molar-refractivity contribution in [1.82, 2.24) is 25.1 Å². The SMILES string of the molecule is CC(C)c1nc(-c2ccccc2NC(=O)c2oc3ccccc3c2CSc2ncccn2)n[nH]1. The maximum Gasteiger partial charge on any atom is 0.291 e. The third-order valence-corrected chi connectivity index (χ3v) is 6.16. The first-order chi connectivity index (χ1) is 16.6. The van der Waals surface area contributed by atoms with Crippen molar-refractivity contribution in [3.8, 4) is 11.4 Å². The number of hydrogen-bond acceptors (Lipinski definition) is 7. The molecule has 5 rings (SSSR count). The Morgan fingerprint density at radius 3 is 2.62 bits per heavy atom. The maximum absolute atomic E-state index is 13.4. The largest absolute Gasteiger partial charge is 0.451 e. The van der Waals surface area contributed by atoms with Gasteiger partial charge in [-0.05, 0) is 24.3 Å². The third kappa shape index (κ3) is 4.42. The number of thioether (sulfide) groups is 1. The molecule has 0 saturated carbocycles. The van der Waals surface area contributed by atoms with Crippen LogP contribution in [0.5, 0.6) is 0 Å². The van der Waals surface area contributed by atoms with Crippen molar-refractivity contribution < 1.29 is 9.21 Å². The van der Waals surface area contributed by atoms with Crippen LogP contribution in [0.3, 0.4) is 0 Å². The molecule has 170 valence electrons. The number of amides is 1. The van der Waals surface area contributed by atoms with Crippen molar-refractivity contribution in [2.45, 2.75) is 30.7 Å². The lowest BCUT2D eigenvalue weighted by molar-refractivity contribution is 0.0998. The van der Waals surface area contributed by atoms with Crippen molar-refractivity contribution in [2.24, 2.45) is 0 Å². The zero-order valence-corrected chi connectivity index (χ0v) is 19.5. The molecule has 0 aliphatic heterocycles. The number of rotatable bonds is 7. The fourth-order valence-corrected chi connectivity index (χ4v) is 4.37. The van der Waals surface area contributed by atoms with E-state index in [1.54, 1.807) is 18.5 Å². The topological polar surface area (TPSA) is 110 Å². The van der Waals surface area contributed by atoms with Gasteiger partial charge >= 0.3 is 0 Å². The molecule has 0 unspecified atom stereocenters. The van der Waals surface area contributed by atoms with Gasteiger partial charge in [-0.3, -0.25) is 9.89 Å². The Morgan fingerprint density at radius 1 is 1.06 bits per heavy atom. The quantitative estimate of drug-likeness (QED) is 0.233. The minimum Gasteiger partial charge on any atom is -0.451 e. The molecule has 0 aliphatic rings. The average Bonchev–Trinajstić information content (AvgIpc) is 3.49. The Morgan fingerprint density at radius 2 is 1.82 bits per heavy atom. The maximum atomic E-state index is 13.4. The minimum absolute atomic E-state index is 0.215. The molecule has 8 nitrogen and oxygen atoms in total. The van der Waals surface area contributed by atoms with E-state index < -0.39 is 0 Å². The van der Waals surface area contributed by atoms with Crippen LogP contribution in [-0.4, -0.2) is 31.1 Å². The van der Waals surface area contributed by atoms with Crippen LogP contribution in [0.4, 0.5) is 5.69 Å². The van der Waals surface area contributed by atoms with Crippen molar-refractivity contribution >= 4 is 34.3 Å². The smallest absolute Gasteiger partial charge is 0.291 e. The van der Waals surface area contributed by atoms with Crippen LogP contribution in [0.25, 0.3) is 22.4 Å². The molecule has 1 amide bonds. The highest BCUT2D eigenvalue weighted by atomic mass is 32.2. The summed E-state index contributed by atoms with van der Waals surface area (Å²) in [5, 5.41) is 11.8. The molecule has 34 heavy (non-hydrogen) atoms. The number of benzene rings is 2. The van der Waals surface area contributed by atoms with Gasteiger partial charge in [-0.1, -0.05) is 55.9 Å². The Kier molecular flexibility index (Phi) is 6.09. The molecule has 2 aromatic carbocycles. The van der Waals surface area contributed by atoms with E-state index in [0.717, 1.165) is 22.3 Å². The average molecular weight is 471 g/mol. The molecule has 0 radical (unpaired) electrons. The standard InChI is InChI=1S/C25H22N6O2S/c1-15(2)22-29-23(31-30-22)17-9-3-5-10-19(17)28-24(32)21-18(14-34-25-26-12-7-13-27-25)16-8-4-6-11-20(16)33-21/h3-13,15H,14H2,1-2H3,(H,28,32)(H,29,30,31). The first-order valence-corrected chi connectivity index (χ1v) is 11.8. The zero-order valence-electron chi connectivity index (χ0n) is 18.6. The lowest BCUT2D eigenvalue weighted by Gasteiger charge is -2.09. The van der Waals surface area contributed by atoms with Gasteiger partial charge in [0.1, 0.15) is 11.4 Å². The van der Waals surface area contributed by atoms with Gasteiger partial charge in [0.15, 0.2) is 16.7 Å². The second-order valence-electron chi connectivity index (χ2n) is 7.92. The van der Waals surface area contributed by atoms with E-state index in [9.17, 15) is 4.79 Å². The minimum atomic E-state index is -0.340. The van der Waals surface area contributed by atoms with E-state index in [1.165, 1.54) is 11.8 Å². The second kappa shape index (κ2) is 9.48. The van der Waals surface area contributed by atoms with Gasteiger partial charge in [0.25, 0.3) is 5.91 Å². The molecule has 0 aliphatic carbocycles. The number of carbonyl (C=O) groups is 1. The van der Waals surface area contributed by atoms with Gasteiger partial charge in [0, 0.05) is 40.6 Å². The summed E-state index contributed by atoms with van der Waals surface area (Å²) < 4.78 is 6.00. The van der Waals surface area contributed by atoms with Gasteiger partial charge in [-0.2, -0.15) is 5.10 Å². The van der Waals surface area contributed by atoms with Crippen molar-refractivity contribution in [3.05, 3.63) is 84.1 Å². The van der Waals surface area contributed by atoms with Crippen molar-refractivity contribution in [3.63, 3.8) is 0 Å². The number of fused-ring (bicyclic) bond motifs is 1. The highest BCUT2D eigenvalue weighted by Crippen LogP contribution is 2.32. The number of H-pyrrole nitrogens is 1. The Labute approximate surface area is 200 Å². The lowest BCUT2D eigenvalue weighted by Crippen LogP contribution is -2.13. The van der Waals surface area contributed by atoms with Crippen LogP contribution in [0.2, 0.25) is 0 Å². The number of aromatic nitrogens is 5. The molecule has 0 spiro atoms. The highest BCUT2D eigenvalue weighted by Gasteiger charge is 2.22. The van der Waals surface area contributed by atoms with Gasteiger partial charge in [-0.25, -0.2) is 15.0 Å². The second-order valence-corrected chi connectivity index (χ2v) is 8.87. The molecule has 0 saturated heterocycles. The molecule has 2 N–H and O–H groups in total. The van der Waals surface area contributed by atoms with Crippen molar-refractivity contribution in [2.75, 3.05) is 5.32 Å². The van der Waals surface area contributed by atoms with Crippen LogP contribution in [-0.2, 0) is 5.75 Å². The predicted octanol–water partition coefficient (Wildman–Crippen LogP) is 5.68. The first kappa shape index (κ1) is 21.8. The van der Waals surface area contributed by atoms with E-state index in [1.807, 2.05) is 62.4 Å². The normalized spacial score (nSPS) is 11.3. The van der Waals surface area contributed by atoms with E-state index >= 15 is 0 Å². The number of para-hydroxylation sites is 2. The fraction of sp³-hybridized carbons (Fsp3) is 0.160. The van der Waals surface area contributed by atoms with Crippen LogP contribution >= 0.6 is 11.8 Å². The molecule has 0 bridgehead atoms. The number of hydrogen-bond donors (Lipinski definition) is 2. The van der Waals surface area contributed by atoms with Crippen LogP contribution in [0.1, 0.15) is 41.7 Å². The lowest BCUT2D eigenvalue weighted by atomic mass is 10.1. The van der Waals surface area contributed by atoms with E-state index in [2.05, 4.69) is 30.5 Å². The van der Waals surface area contributed by atoms with Crippen LogP contribution < -0.4 is 5.32 Å². The summed E-state index contributed by atoms with van der Waals surface area (Å²) >= 11 is 1.45. The number of furan rings is 1. The fourth-order valence-electron chi connectivity index (χ4n) is 3.54. The Hall–Kier alpha value is -3.98. The molecule has 5 aromatic rings. The molecule has 3 heterocycles. The molecular formula is C25H22N6O2S.